The summed E-state index contributed by atoms with van der Waals surface area (Å²) in [4.78, 5) is 22.6. The maximum atomic E-state index is 12.4. The topological polar surface area (TPSA) is 114 Å². The molecule has 0 bridgehead atoms. The highest BCUT2D eigenvalue weighted by molar-refractivity contribution is 5.68. The minimum Gasteiger partial charge on any atom is -0.472 e. The molecule has 12 heteroatoms. The smallest absolute Gasteiger partial charge is 0.410 e. The molecule has 1 fully saturated rings. The molecule has 2 aromatic heterocycles. The minimum atomic E-state index is -2.97. The lowest BCUT2D eigenvalue weighted by Crippen LogP contribution is -2.53. The van der Waals surface area contributed by atoms with Crippen LogP contribution in [0.2, 0.25) is 0 Å². The number of aromatic amines is 1. The van der Waals surface area contributed by atoms with E-state index in [0.717, 1.165) is 0 Å². The number of hydrogen-bond donors (Lipinski definition) is 2. The van der Waals surface area contributed by atoms with Crippen LogP contribution < -0.4 is 14.8 Å². The van der Waals surface area contributed by atoms with Gasteiger partial charge in [-0.2, -0.15) is 13.8 Å². The highest BCUT2D eigenvalue weighted by Crippen LogP contribution is 2.33. The molecule has 2 N–H and O–H groups in total. The second kappa shape index (κ2) is 9.13. The Bertz CT molecular complexity index is 931. The summed E-state index contributed by atoms with van der Waals surface area (Å²) in [5, 5.41) is 9.02. The molecule has 3 rings (SSSR count). The second-order valence-corrected chi connectivity index (χ2v) is 9.15. The Morgan fingerprint density at radius 3 is 2.72 bits per heavy atom. The van der Waals surface area contributed by atoms with Gasteiger partial charge in [-0.25, -0.2) is 4.79 Å². The molecule has 0 saturated carbocycles. The van der Waals surface area contributed by atoms with Crippen molar-refractivity contribution in [2.75, 3.05) is 18.4 Å². The normalized spacial score (nSPS) is 18.4. The summed E-state index contributed by atoms with van der Waals surface area (Å²) in [7, 11) is 0. The van der Waals surface area contributed by atoms with Crippen LogP contribution in [0, 0.1) is 5.41 Å². The lowest BCUT2D eigenvalue weighted by Gasteiger charge is -2.43. The van der Waals surface area contributed by atoms with E-state index in [-0.39, 0.29) is 23.5 Å². The van der Waals surface area contributed by atoms with Gasteiger partial charge in [-0.15, -0.1) is 5.10 Å². The van der Waals surface area contributed by atoms with Gasteiger partial charge in [0.15, 0.2) is 5.82 Å². The zero-order valence-corrected chi connectivity index (χ0v) is 18.7. The average molecular weight is 454 g/mol. The predicted octanol–water partition coefficient (Wildman–Crippen LogP) is 3.96. The Morgan fingerprint density at radius 2 is 2.06 bits per heavy atom. The maximum absolute atomic E-state index is 12.4. The van der Waals surface area contributed by atoms with E-state index in [0.29, 0.717) is 37.0 Å². The highest BCUT2D eigenvalue weighted by atomic mass is 19.3. The molecular formula is C20H28F2N6O4. The quantitative estimate of drug-likeness (QED) is 0.674. The van der Waals surface area contributed by atoms with Crippen LogP contribution in [0.15, 0.2) is 18.5 Å². The molecule has 3 heterocycles. The van der Waals surface area contributed by atoms with Crippen molar-refractivity contribution in [3.05, 3.63) is 18.5 Å². The maximum Gasteiger partial charge on any atom is 0.410 e. The number of nitrogens with zero attached hydrogens (tertiary/aromatic N) is 4. The summed E-state index contributed by atoms with van der Waals surface area (Å²) in [6, 6.07) is 1.27. The first-order chi connectivity index (χ1) is 14.9. The Hall–Kier alpha value is -3.18. The fraction of sp³-hybridized carbons (Fsp3) is 0.600. The number of amides is 1. The van der Waals surface area contributed by atoms with E-state index in [1.165, 1.54) is 18.5 Å². The number of carbonyl (C=O) groups is 1. The van der Waals surface area contributed by atoms with Crippen LogP contribution >= 0.6 is 0 Å². The van der Waals surface area contributed by atoms with Crippen molar-refractivity contribution in [1.82, 2.24) is 25.1 Å². The van der Waals surface area contributed by atoms with Gasteiger partial charge in [0.25, 0.3) is 0 Å². The number of aromatic nitrogens is 4. The number of hydrogen-bond acceptors (Lipinski definition) is 8. The molecule has 0 radical (unpaired) electrons. The lowest BCUT2D eigenvalue weighted by molar-refractivity contribution is -0.0528. The fourth-order valence-corrected chi connectivity index (χ4v) is 3.31. The number of rotatable bonds is 6. The van der Waals surface area contributed by atoms with Gasteiger partial charge >= 0.3 is 12.7 Å². The SMILES string of the molecule is CC(C)(C)OC(=O)N1CC[C@@H](Oc2cncc(Nc3cc(OC(F)F)n[nH]3)n2)C(C)(C)C1. The number of H-pyrrole nitrogens is 1. The van der Waals surface area contributed by atoms with E-state index < -0.39 is 12.2 Å². The second-order valence-electron chi connectivity index (χ2n) is 9.15. The average Bonchev–Trinajstić information content (AvgIpc) is 3.08. The third-order valence-electron chi connectivity index (χ3n) is 4.69. The van der Waals surface area contributed by atoms with Crippen molar-refractivity contribution in [1.29, 1.82) is 0 Å². The summed E-state index contributed by atoms with van der Waals surface area (Å²) in [6.07, 6.45) is 2.99. The van der Waals surface area contributed by atoms with Crippen LogP contribution in [0.1, 0.15) is 41.0 Å². The van der Waals surface area contributed by atoms with Crippen molar-refractivity contribution in [2.24, 2.45) is 5.41 Å². The van der Waals surface area contributed by atoms with Crippen molar-refractivity contribution in [3.63, 3.8) is 0 Å². The van der Waals surface area contributed by atoms with Crippen LogP contribution in [0.5, 0.6) is 11.8 Å². The highest BCUT2D eigenvalue weighted by Gasteiger charge is 2.40. The monoisotopic (exact) mass is 454 g/mol. The zero-order chi connectivity index (χ0) is 23.5. The van der Waals surface area contributed by atoms with Crippen LogP contribution in [0.3, 0.4) is 0 Å². The first kappa shape index (κ1) is 23.5. The summed E-state index contributed by atoms with van der Waals surface area (Å²) in [6.45, 7) is 7.53. The van der Waals surface area contributed by atoms with E-state index in [1.807, 2.05) is 34.6 Å². The molecule has 2 aromatic rings. The first-order valence-electron chi connectivity index (χ1n) is 10.2. The Balaban J connectivity index is 1.61. The molecule has 0 aromatic carbocycles. The Kier molecular flexibility index (Phi) is 6.70. The van der Waals surface area contributed by atoms with E-state index in [9.17, 15) is 13.6 Å². The summed E-state index contributed by atoms with van der Waals surface area (Å²) < 4.78 is 40.3. The number of alkyl halides is 2. The number of nitrogens with one attached hydrogen (secondary N) is 2. The minimum absolute atomic E-state index is 0.205. The lowest BCUT2D eigenvalue weighted by atomic mass is 9.81. The third kappa shape index (κ3) is 6.41. The van der Waals surface area contributed by atoms with Crippen molar-refractivity contribution >= 4 is 17.7 Å². The first-order valence-corrected chi connectivity index (χ1v) is 10.2. The number of likely N-dealkylation sites (tertiary alicyclic amines) is 1. The zero-order valence-electron chi connectivity index (χ0n) is 18.7. The van der Waals surface area contributed by atoms with Crippen molar-refractivity contribution in [3.8, 4) is 11.8 Å². The Labute approximate surface area is 184 Å². The van der Waals surface area contributed by atoms with Gasteiger partial charge in [0.05, 0.1) is 12.4 Å². The summed E-state index contributed by atoms with van der Waals surface area (Å²) in [5.74, 6) is 0.681. The van der Waals surface area contributed by atoms with Gasteiger partial charge in [-0.05, 0) is 20.8 Å². The van der Waals surface area contributed by atoms with Gasteiger partial charge < -0.3 is 24.4 Å². The number of anilines is 2. The molecule has 1 aliphatic rings. The molecule has 0 aliphatic carbocycles. The molecule has 32 heavy (non-hydrogen) atoms. The van der Waals surface area contributed by atoms with Crippen molar-refractivity contribution in [2.45, 2.75) is 59.4 Å². The predicted molar refractivity (Wildman–Crippen MR) is 111 cm³/mol. The molecule has 0 unspecified atom stereocenters. The van der Waals surface area contributed by atoms with Gasteiger partial charge in [0.1, 0.15) is 17.5 Å². The largest absolute Gasteiger partial charge is 0.472 e. The van der Waals surface area contributed by atoms with E-state index in [2.05, 4.69) is 30.2 Å². The van der Waals surface area contributed by atoms with Crippen LogP contribution in [-0.2, 0) is 4.74 Å². The standard InChI is InChI=1S/C20H28F2N6O4/c1-19(2,3)32-18(29)28-7-6-12(20(4,5)11-28)30-16-10-23-9-14(25-16)24-13-8-15(27-26-13)31-17(21)22/h8-10,12,17H,6-7,11H2,1-5H3,(H2,24,25,26,27)/t12-/m1/s1. The summed E-state index contributed by atoms with van der Waals surface area (Å²) in [5.41, 5.74) is -0.913. The van der Waals surface area contributed by atoms with Gasteiger partial charge in [-0.3, -0.25) is 10.1 Å². The van der Waals surface area contributed by atoms with Gasteiger partial charge in [0.2, 0.25) is 11.8 Å². The van der Waals surface area contributed by atoms with E-state index in [1.54, 1.807) is 4.90 Å². The van der Waals surface area contributed by atoms with Crippen molar-refractivity contribution < 1.29 is 27.8 Å². The van der Waals surface area contributed by atoms with Crippen LogP contribution in [0.4, 0.5) is 25.2 Å². The number of carbonyl (C=O) groups excluding carboxylic acids is 1. The number of halogens is 2. The fourth-order valence-electron chi connectivity index (χ4n) is 3.31. The molecule has 176 valence electrons. The molecule has 1 atom stereocenters. The Morgan fingerprint density at radius 1 is 1.31 bits per heavy atom. The van der Waals surface area contributed by atoms with Gasteiger partial charge in [0, 0.05) is 31.0 Å². The molecule has 10 nitrogen and oxygen atoms in total. The third-order valence-corrected chi connectivity index (χ3v) is 4.69. The van der Waals surface area contributed by atoms with Crippen LogP contribution in [0.25, 0.3) is 0 Å². The molecule has 1 saturated heterocycles. The van der Waals surface area contributed by atoms with Crippen LogP contribution in [-0.4, -0.2) is 62.6 Å². The summed E-state index contributed by atoms with van der Waals surface area (Å²) >= 11 is 0. The molecular weight excluding hydrogens is 426 g/mol. The van der Waals surface area contributed by atoms with Gasteiger partial charge in [-0.1, -0.05) is 13.8 Å². The molecule has 0 spiro atoms. The number of piperidine rings is 1. The van der Waals surface area contributed by atoms with E-state index >= 15 is 0 Å². The molecule has 1 aliphatic heterocycles. The number of ether oxygens (including phenoxy) is 3. The molecule has 1 amide bonds. The van der Waals surface area contributed by atoms with E-state index in [4.69, 9.17) is 9.47 Å².